The maximum absolute atomic E-state index is 13.2. The molecule has 2 aromatic rings. The number of rotatable bonds is 9. The summed E-state index contributed by atoms with van der Waals surface area (Å²) in [6.45, 7) is 3.77. The smallest absolute Gasteiger partial charge is 0.309 e. The summed E-state index contributed by atoms with van der Waals surface area (Å²) in [4.78, 5) is 26.4. The van der Waals surface area contributed by atoms with Gasteiger partial charge in [0, 0.05) is 26.2 Å². The van der Waals surface area contributed by atoms with Crippen molar-refractivity contribution in [2.45, 2.75) is 16.6 Å². The van der Waals surface area contributed by atoms with Crippen molar-refractivity contribution in [2.75, 3.05) is 45.9 Å². The molecule has 0 unspecified atom stereocenters. The Balaban J connectivity index is 1.54. The number of nitrogens with zero attached hydrogens (tertiary/aromatic N) is 1. The topological polar surface area (TPSA) is 118 Å². The molecule has 174 valence electrons. The van der Waals surface area contributed by atoms with E-state index in [0.29, 0.717) is 26.2 Å². The average Bonchev–Trinajstić information content (AvgIpc) is 3.32. The van der Waals surface area contributed by atoms with Crippen LogP contribution in [0.2, 0.25) is 0 Å². The fraction of sp³-hybridized carbons (Fsp3) is 0.429. The maximum atomic E-state index is 13.2. The van der Waals surface area contributed by atoms with E-state index < -0.39 is 32.7 Å². The average molecular weight is 468 g/mol. The second-order valence-electron chi connectivity index (χ2n) is 7.28. The van der Waals surface area contributed by atoms with Gasteiger partial charge in [0.2, 0.25) is 0 Å². The van der Waals surface area contributed by atoms with Gasteiger partial charge in [-0.2, -0.15) is 0 Å². The highest BCUT2D eigenvalue weighted by atomic mass is 32.2. The minimum Gasteiger partial charge on any atom is -0.468 e. The second-order valence-corrected chi connectivity index (χ2v) is 9.41. The van der Waals surface area contributed by atoms with E-state index in [2.05, 4.69) is 15.5 Å². The minimum absolute atomic E-state index is 0.0977. The van der Waals surface area contributed by atoms with Crippen molar-refractivity contribution < 1.29 is 31.6 Å². The summed E-state index contributed by atoms with van der Waals surface area (Å²) < 4.78 is 49.8. The van der Waals surface area contributed by atoms with Gasteiger partial charge in [0.05, 0.1) is 24.4 Å². The van der Waals surface area contributed by atoms with Crippen LogP contribution in [0.3, 0.4) is 0 Å². The summed E-state index contributed by atoms with van der Waals surface area (Å²) in [6.07, 6.45) is 1.98. The number of sulfone groups is 1. The van der Waals surface area contributed by atoms with Crippen molar-refractivity contribution in [1.29, 1.82) is 0 Å². The van der Waals surface area contributed by atoms with Gasteiger partial charge < -0.3 is 19.8 Å². The van der Waals surface area contributed by atoms with Gasteiger partial charge in [0.15, 0.2) is 9.84 Å². The molecule has 0 bridgehead atoms. The van der Waals surface area contributed by atoms with Crippen LogP contribution in [0.25, 0.3) is 0 Å². The van der Waals surface area contributed by atoms with Crippen LogP contribution in [-0.2, 0) is 24.2 Å². The summed E-state index contributed by atoms with van der Waals surface area (Å²) in [5.74, 6) is -2.26. The normalized spacial score (nSPS) is 15.8. The van der Waals surface area contributed by atoms with Gasteiger partial charge in [-0.15, -0.1) is 0 Å². The molecule has 32 heavy (non-hydrogen) atoms. The first kappa shape index (κ1) is 23.9. The Hall–Kier alpha value is -2.76. The van der Waals surface area contributed by atoms with Gasteiger partial charge >= 0.3 is 11.8 Å². The molecule has 1 aromatic carbocycles. The fourth-order valence-electron chi connectivity index (χ4n) is 3.30. The predicted molar refractivity (Wildman–Crippen MR) is 113 cm³/mol. The Bertz CT molecular complexity index is 989. The molecule has 1 atom stereocenters. The highest BCUT2D eigenvalue weighted by Gasteiger charge is 2.32. The molecule has 1 saturated heterocycles. The van der Waals surface area contributed by atoms with E-state index in [1.54, 1.807) is 0 Å². The molecule has 11 heteroatoms. The molecular weight excluding hydrogens is 441 g/mol. The molecule has 2 N–H and O–H groups in total. The van der Waals surface area contributed by atoms with Crippen molar-refractivity contribution in [2.24, 2.45) is 0 Å². The lowest BCUT2D eigenvalue weighted by Crippen LogP contribution is -2.43. The van der Waals surface area contributed by atoms with Crippen LogP contribution in [0.15, 0.2) is 52.0 Å². The number of carbonyl (C=O) groups is 2. The third-order valence-electron chi connectivity index (χ3n) is 5.07. The molecule has 1 aliphatic heterocycles. The lowest BCUT2D eigenvalue weighted by Gasteiger charge is -2.26. The van der Waals surface area contributed by atoms with Crippen molar-refractivity contribution in [1.82, 2.24) is 15.5 Å². The van der Waals surface area contributed by atoms with E-state index in [0.717, 1.165) is 43.9 Å². The van der Waals surface area contributed by atoms with Gasteiger partial charge in [0.1, 0.15) is 16.8 Å². The van der Waals surface area contributed by atoms with E-state index in [-0.39, 0.29) is 17.2 Å². The van der Waals surface area contributed by atoms with Crippen LogP contribution < -0.4 is 10.6 Å². The van der Waals surface area contributed by atoms with Crippen molar-refractivity contribution in [3.05, 3.63) is 54.2 Å². The van der Waals surface area contributed by atoms with Crippen LogP contribution in [0, 0.1) is 5.82 Å². The molecular formula is C21H26FN3O6S. The Kier molecular flexibility index (Phi) is 8.37. The van der Waals surface area contributed by atoms with E-state index in [4.69, 9.17) is 9.15 Å². The van der Waals surface area contributed by atoms with Crippen molar-refractivity contribution in [3.8, 4) is 0 Å². The zero-order valence-corrected chi connectivity index (χ0v) is 18.3. The van der Waals surface area contributed by atoms with Crippen LogP contribution in [0.4, 0.5) is 4.39 Å². The number of hydrogen-bond donors (Lipinski definition) is 2. The molecule has 3 rings (SSSR count). The second kappa shape index (κ2) is 11.2. The molecule has 9 nitrogen and oxygen atoms in total. The third kappa shape index (κ3) is 6.38. The quantitative estimate of drug-likeness (QED) is 0.319. The molecule has 0 radical (unpaired) electrons. The van der Waals surface area contributed by atoms with E-state index >= 15 is 0 Å². The van der Waals surface area contributed by atoms with Gasteiger partial charge in [0.25, 0.3) is 0 Å². The molecule has 0 spiro atoms. The zero-order valence-electron chi connectivity index (χ0n) is 17.5. The molecule has 2 heterocycles. The third-order valence-corrected chi connectivity index (χ3v) is 7.15. The molecule has 1 aliphatic rings. The number of carbonyl (C=O) groups excluding carboxylic acids is 2. The molecule has 0 saturated carbocycles. The lowest BCUT2D eigenvalue weighted by molar-refractivity contribution is -0.139. The molecule has 0 aliphatic carbocycles. The standard InChI is InChI=1S/C21H26FN3O6S/c22-16-4-6-17(7-5-16)32(28,29)19(18-3-1-12-31-18)15-24-21(27)20(26)23-8-2-9-25-10-13-30-14-11-25/h1,3-7,12,19H,2,8-11,13-15H2,(H,23,26)(H,24,27)/t19-/m0/s1. The van der Waals surface area contributed by atoms with Gasteiger partial charge in [-0.1, -0.05) is 0 Å². The first-order valence-corrected chi connectivity index (χ1v) is 11.8. The SMILES string of the molecule is O=C(NCCCN1CCOCC1)C(=O)NC[C@@H](c1ccco1)S(=O)(=O)c1ccc(F)cc1. The monoisotopic (exact) mass is 467 g/mol. The maximum Gasteiger partial charge on any atom is 0.309 e. The fourth-order valence-corrected chi connectivity index (χ4v) is 4.89. The van der Waals surface area contributed by atoms with Crippen LogP contribution in [-0.4, -0.2) is 71.1 Å². The van der Waals surface area contributed by atoms with Crippen LogP contribution >= 0.6 is 0 Å². The Morgan fingerprint density at radius 1 is 1.06 bits per heavy atom. The molecule has 1 aromatic heterocycles. The summed E-state index contributed by atoms with van der Waals surface area (Å²) in [6, 6.07) is 7.34. The summed E-state index contributed by atoms with van der Waals surface area (Å²) in [5, 5.41) is 3.61. The molecule has 1 fully saturated rings. The van der Waals surface area contributed by atoms with Gasteiger partial charge in [-0.3, -0.25) is 14.5 Å². The highest BCUT2D eigenvalue weighted by molar-refractivity contribution is 7.91. The largest absolute Gasteiger partial charge is 0.468 e. The van der Waals surface area contributed by atoms with Crippen molar-refractivity contribution >= 4 is 21.7 Å². The first-order valence-electron chi connectivity index (χ1n) is 10.3. The minimum atomic E-state index is -4.02. The molecule has 2 amide bonds. The Labute approximate surface area is 185 Å². The zero-order chi connectivity index (χ0) is 23.0. The van der Waals surface area contributed by atoms with E-state index in [1.807, 2.05) is 0 Å². The summed E-state index contributed by atoms with van der Waals surface area (Å²) in [5.41, 5.74) is 0. The Morgan fingerprint density at radius 3 is 2.41 bits per heavy atom. The lowest BCUT2D eigenvalue weighted by atomic mass is 10.3. The summed E-state index contributed by atoms with van der Waals surface area (Å²) in [7, 11) is -4.02. The number of amides is 2. The van der Waals surface area contributed by atoms with Crippen molar-refractivity contribution in [3.63, 3.8) is 0 Å². The number of halogens is 1. The number of ether oxygens (including phenoxy) is 1. The van der Waals surface area contributed by atoms with E-state index in [1.165, 1.54) is 18.4 Å². The van der Waals surface area contributed by atoms with Crippen LogP contribution in [0.1, 0.15) is 17.4 Å². The van der Waals surface area contributed by atoms with Crippen LogP contribution in [0.5, 0.6) is 0 Å². The number of morpholine rings is 1. The highest BCUT2D eigenvalue weighted by Crippen LogP contribution is 2.29. The first-order chi connectivity index (χ1) is 15.4. The van der Waals surface area contributed by atoms with Gasteiger partial charge in [-0.05, 0) is 49.4 Å². The predicted octanol–water partition coefficient (Wildman–Crippen LogP) is 0.888. The summed E-state index contributed by atoms with van der Waals surface area (Å²) >= 11 is 0. The van der Waals surface area contributed by atoms with E-state index in [9.17, 15) is 22.4 Å². The Morgan fingerprint density at radius 2 is 1.75 bits per heavy atom. The number of nitrogens with one attached hydrogen (secondary N) is 2. The van der Waals surface area contributed by atoms with Gasteiger partial charge in [-0.25, -0.2) is 12.8 Å². The number of benzene rings is 1. The number of furan rings is 1. The number of hydrogen-bond acceptors (Lipinski definition) is 7.